The molecule has 0 heterocycles. The third-order valence-electron chi connectivity index (χ3n) is 2.47. The Morgan fingerprint density at radius 3 is 2.47 bits per heavy atom. The summed E-state index contributed by atoms with van der Waals surface area (Å²) in [5.74, 6) is 0. The van der Waals surface area contributed by atoms with Crippen LogP contribution in [0.4, 0.5) is 18.0 Å². The molecule has 0 aliphatic heterocycles. The van der Waals surface area contributed by atoms with Crippen LogP contribution in [0, 0.1) is 0 Å². The van der Waals surface area contributed by atoms with Gasteiger partial charge in [-0.25, -0.2) is 4.79 Å². The van der Waals surface area contributed by atoms with Crippen LogP contribution in [0.25, 0.3) is 0 Å². The Hall–Kier alpha value is -0.980. The zero-order valence-corrected chi connectivity index (χ0v) is 9.73. The predicted molar refractivity (Wildman–Crippen MR) is 57.7 cm³/mol. The molecule has 17 heavy (non-hydrogen) atoms. The van der Waals surface area contributed by atoms with Gasteiger partial charge in [-0.2, -0.15) is 13.2 Å². The van der Waals surface area contributed by atoms with E-state index in [1.165, 1.54) is 0 Å². The molecular weight excluding hydrogens is 235 g/mol. The van der Waals surface area contributed by atoms with Crippen molar-refractivity contribution in [3.05, 3.63) is 0 Å². The molecule has 4 nitrogen and oxygen atoms in total. The number of nitrogens with one attached hydrogen (secondary N) is 3. The van der Waals surface area contributed by atoms with Crippen LogP contribution < -0.4 is 16.0 Å². The van der Waals surface area contributed by atoms with Gasteiger partial charge in [0.25, 0.3) is 0 Å². The zero-order chi connectivity index (χ0) is 12.9. The maximum absolute atomic E-state index is 12.6. The smallest absolute Gasteiger partial charge is 0.338 e. The monoisotopic (exact) mass is 253 g/mol. The summed E-state index contributed by atoms with van der Waals surface area (Å²) in [5, 5.41) is 7.39. The average molecular weight is 253 g/mol. The number of carbonyl (C=O) groups excluding carboxylic acids is 1. The number of hydrogen-bond acceptors (Lipinski definition) is 2. The summed E-state index contributed by atoms with van der Waals surface area (Å²) in [6.07, 6.45) is -2.80. The number of alkyl halides is 3. The standard InChI is InChI=1S/C10H18F3N3O/c1-2-14-9(17)15-6-5-8(10(11,12)13)16-7-3-4-7/h7-8,16H,2-6H2,1H3,(H2,14,15,17). The highest BCUT2D eigenvalue weighted by Gasteiger charge is 2.41. The number of rotatable bonds is 6. The topological polar surface area (TPSA) is 53.2 Å². The summed E-state index contributed by atoms with van der Waals surface area (Å²) in [6.45, 7) is 2.21. The molecule has 1 aliphatic rings. The molecule has 3 N–H and O–H groups in total. The van der Waals surface area contributed by atoms with Crippen LogP contribution in [-0.4, -0.2) is 37.4 Å². The van der Waals surface area contributed by atoms with Crippen molar-refractivity contribution < 1.29 is 18.0 Å². The highest BCUT2D eigenvalue weighted by molar-refractivity contribution is 5.73. The molecule has 0 spiro atoms. The molecule has 0 bridgehead atoms. The second-order valence-electron chi connectivity index (χ2n) is 4.11. The van der Waals surface area contributed by atoms with E-state index in [1.54, 1.807) is 6.92 Å². The predicted octanol–water partition coefficient (Wildman–Crippen LogP) is 1.38. The van der Waals surface area contributed by atoms with E-state index < -0.39 is 18.2 Å². The fourth-order valence-corrected chi connectivity index (χ4v) is 1.43. The van der Waals surface area contributed by atoms with Gasteiger partial charge < -0.3 is 16.0 Å². The molecule has 1 saturated carbocycles. The van der Waals surface area contributed by atoms with Crippen LogP contribution >= 0.6 is 0 Å². The van der Waals surface area contributed by atoms with Crippen molar-refractivity contribution >= 4 is 6.03 Å². The van der Waals surface area contributed by atoms with Crippen LogP contribution in [0.15, 0.2) is 0 Å². The first-order valence-corrected chi connectivity index (χ1v) is 5.78. The van der Waals surface area contributed by atoms with E-state index in [2.05, 4.69) is 16.0 Å². The van der Waals surface area contributed by atoms with E-state index in [1.807, 2.05) is 0 Å². The first kappa shape index (κ1) is 14.1. The fraction of sp³-hybridized carbons (Fsp3) is 0.900. The Morgan fingerprint density at radius 2 is 2.00 bits per heavy atom. The summed E-state index contributed by atoms with van der Waals surface area (Å²) in [5.41, 5.74) is 0. The van der Waals surface area contributed by atoms with Gasteiger partial charge in [-0.3, -0.25) is 0 Å². The normalized spacial score (nSPS) is 17.6. The molecule has 1 rings (SSSR count). The summed E-state index contributed by atoms with van der Waals surface area (Å²) in [7, 11) is 0. The Bertz CT molecular complexity index is 254. The molecule has 0 aromatic carbocycles. The van der Waals surface area contributed by atoms with E-state index >= 15 is 0 Å². The van der Waals surface area contributed by atoms with E-state index in [0.717, 1.165) is 12.8 Å². The largest absolute Gasteiger partial charge is 0.403 e. The quantitative estimate of drug-likeness (QED) is 0.670. The Morgan fingerprint density at radius 1 is 1.35 bits per heavy atom. The second kappa shape index (κ2) is 6.09. The van der Waals surface area contributed by atoms with Crippen molar-refractivity contribution in [1.29, 1.82) is 0 Å². The molecule has 1 fully saturated rings. The molecule has 1 unspecified atom stereocenters. The lowest BCUT2D eigenvalue weighted by Gasteiger charge is -2.21. The van der Waals surface area contributed by atoms with Gasteiger partial charge in [0.15, 0.2) is 0 Å². The molecule has 0 aromatic heterocycles. The van der Waals surface area contributed by atoms with E-state index in [0.29, 0.717) is 6.54 Å². The number of urea groups is 1. The third-order valence-corrected chi connectivity index (χ3v) is 2.47. The number of halogens is 3. The van der Waals surface area contributed by atoms with Crippen LogP contribution in [0.5, 0.6) is 0 Å². The van der Waals surface area contributed by atoms with Crippen molar-refractivity contribution in [2.75, 3.05) is 13.1 Å². The number of carbonyl (C=O) groups is 1. The minimum Gasteiger partial charge on any atom is -0.338 e. The zero-order valence-electron chi connectivity index (χ0n) is 9.73. The lowest BCUT2D eigenvalue weighted by Crippen LogP contribution is -2.46. The highest BCUT2D eigenvalue weighted by Crippen LogP contribution is 2.27. The van der Waals surface area contributed by atoms with Gasteiger partial charge in [-0.15, -0.1) is 0 Å². The first-order valence-electron chi connectivity index (χ1n) is 5.78. The van der Waals surface area contributed by atoms with Gasteiger partial charge in [0.05, 0.1) is 0 Å². The van der Waals surface area contributed by atoms with Crippen LogP contribution in [0.2, 0.25) is 0 Å². The summed E-state index contributed by atoms with van der Waals surface area (Å²) >= 11 is 0. The van der Waals surface area contributed by atoms with E-state index in [-0.39, 0.29) is 19.0 Å². The lowest BCUT2D eigenvalue weighted by molar-refractivity contribution is -0.157. The minimum absolute atomic E-state index is 0.00825. The van der Waals surface area contributed by atoms with Crippen LogP contribution in [-0.2, 0) is 0 Å². The Kier molecular flexibility index (Phi) is 5.04. The molecular formula is C10H18F3N3O. The average Bonchev–Trinajstić information content (AvgIpc) is 2.99. The number of amides is 2. The molecule has 100 valence electrons. The maximum Gasteiger partial charge on any atom is 0.403 e. The van der Waals surface area contributed by atoms with E-state index in [9.17, 15) is 18.0 Å². The van der Waals surface area contributed by atoms with Gasteiger partial charge in [-0.1, -0.05) is 0 Å². The molecule has 0 radical (unpaired) electrons. The van der Waals surface area contributed by atoms with Crippen molar-refractivity contribution in [1.82, 2.24) is 16.0 Å². The molecule has 7 heteroatoms. The molecule has 1 atom stereocenters. The van der Waals surface area contributed by atoms with Crippen LogP contribution in [0.1, 0.15) is 26.2 Å². The Labute approximate surface area is 98.3 Å². The van der Waals surface area contributed by atoms with Crippen molar-refractivity contribution in [3.8, 4) is 0 Å². The van der Waals surface area contributed by atoms with Gasteiger partial charge in [0.2, 0.25) is 0 Å². The van der Waals surface area contributed by atoms with Gasteiger partial charge in [-0.05, 0) is 26.2 Å². The highest BCUT2D eigenvalue weighted by atomic mass is 19.4. The second-order valence-corrected chi connectivity index (χ2v) is 4.11. The van der Waals surface area contributed by atoms with Gasteiger partial charge in [0, 0.05) is 19.1 Å². The van der Waals surface area contributed by atoms with Crippen molar-refractivity contribution in [2.45, 2.75) is 44.4 Å². The van der Waals surface area contributed by atoms with Gasteiger partial charge in [0.1, 0.15) is 6.04 Å². The minimum atomic E-state index is -4.26. The first-order chi connectivity index (χ1) is 7.93. The molecule has 2 amide bonds. The van der Waals surface area contributed by atoms with Gasteiger partial charge >= 0.3 is 12.2 Å². The summed E-state index contributed by atoms with van der Waals surface area (Å²) in [6, 6.07) is -1.97. The van der Waals surface area contributed by atoms with Crippen molar-refractivity contribution in [3.63, 3.8) is 0 Å². The SMILES string of the molecule is CCNC(=O)NCCC(NC1CC1)C(F)(F)F. The maximum atomic E-state index is 12.6. The fourth-order valence-electron chi connectivity index (χ4n) is 1.43. The lowest BCUT2D eigenvalue weighted by atomic mass is 10.2. The number of hydrogen-bond donors (Lipinski definition) is 3. The molecule has 1 aliphatic carbocycles. The van der Waals surface area contributed by atoms with E-state index in [4.69, 9.17) is 0 Å². The summed E-state index contributed by atoms with van der Waals surface area (Å²) < 4.78 is 37.8. The Balaban J connectivity index is 2.26. The third kappa shape index (κ3) is 5.76. The molecule has 0 aromatic rings. The van der Waals surface area contributed by atoms with Crippen molar-refractivity contribution in [2.24, 2.45) is 0 Å². The summed E-state index contributed by atoms with van der Waals surface area (Å²) in [4.78, 5) is 11.0. The van der Waals surface area contributed by atoms with Crippen LogP contribution in [0.3, 0.4) is 0 Å². The molecule has 0 saturated heterocycles.